The molecule has 0 radical (unpaired) electrons. The first-order valence-corrected chi connectivity index (χ1v) is 10.4. The summed E-state index contributed by atoms with van der Waals surface area (Å²) in [4.78, 5) is 0.383. The van der Waals surface area contributed by atoms with E-state index in [9.17, 15) is 8.42 Å². The molecule has 0 atom stereocenters. The normalized spacial score (nSPS) is 12.5. The van der Waals surface area contributed by atoms with Crippen LogP contribution in [0.15, 0.2) is 29.2 Å². The van der Waals surface area contributed by atoms with Crippen molar-refractivity contribution in [2.24, 2.45) is 5.92 Å². The molecule has 0 bridgehead atoms. The van der Waals surface area contributed by atoms with Gasteiger partial charge in [-0.05, 0) is 36.0 Å². The van der Waals surface area contributed by atoms with Gasteiger partial charge in [-0.3, -0.25) is 0 Å². The van der Waals surface area contributed by atoms with E-state index in [0.29, 0.717) is 17.4 Å². The molecule has 0 fully saturated rings. The average molecular weight is 437 g/mol. The second-order valence-electron chi connectivity index (χ2n) is 6.48. The standard InChI is InChI=1S/C17H28INO2S/c1-14(2)8-6-5-7-13-19(18)22(20,21)17-11-9-16(10-12-17)15(3)4/h9-12,14-15H,5-8,13H2,1-4H3. The van der Waals surface area contributed by atoms with E-state index < -0.39 is 10.0 Å². The largest absolute Gasteiger partial charge is 0.251 e. The van der Waals surface area contributed by atoms with Gasteiger partial charge in [-0.15, -0.1) is 2.52 Å². The van der Waals surface area contributed by atoms with E-state index in [1.807, 2.05) is 35.0 Å². The maximum absolute atomic E-state index is 12.5. The van der Waals surface area contributed by atoms with Crippen LogP contribution in [-0.4, -0.2) is 17.5 Å². The lowest BCUT2D eigenvalue weighted by Gasteiger charge is -2.16. The molecule has 1 rings (SSSR count). The number of sulfonamides is 1. The van der Waals surface area contributed by atoms with E-state index >= 15 is 0 Å². The first-order chi connectivity index (χ1) is 10.2. The summed E-state index contributed by atoms with van der Waals surface area (Å²) in [5.41, 5.74) is 1.16. The lowest BCUT2D eigenvalue weighted by Crippen LogP contribution is -2.22. The number of unbranched alkanes of at least 4 members (excludes halogenated alkanes) is 2. The molecule has 0 N–H and O–H groups in total. The Morgan fingerprint density at radius 1 is 1.00 bits per heavy atom. The highest BCUT2D eigenvalue weighted by atomic mass is 127. The Kier molecular flexibility index (Phi) is 8.35. The van der Waals surface area contributed by atoms with E-state index in [1.54, 1.807) is 12.1 Å². The molecule has 0 saturated heterocycles. The third-order valence-electron chi connectivity index (χ3n) is 3.72. The van der Waals surface area contributed by atoms with Crippen LogP contribution in [0.2, 0.25) is 0 Å². The van der Waals surface area contributed by atoms with Gasteiger partial charge >= 0.3 is 0 Å². The van der Waals surface area contributed by atoms with E-state index in [4.69, 9.17) is 0 Å². The van der Waals surface area contributed by atoms with Gasteiger partial charge in [0.05, 0.1) is 4.90 Å². The van der Waals surface area contributed by atoms with Gasteiger partial charge in [0.15, 0.2) is 0 Å². The molecule has 0 spiro atoms. The van der Waals surface area contributed by atoms with Crippen molar-refractivity contribution in [3.8, 4) is 0 Å². The van der Waals surface area contributed by atoms with Gasteiger partial charge in [0.1, 0.15) is 0 Å². The highest BCUT2D eigenvalue weighted by molar-refractivity contribution is 14.1. The van der Waals surface area contributed by atoms with Crippen molar-refractivity contribution < 1.29 is 8.42 Å². The second-order valence-corrected chi connectivity index (χ2v) is 10.2. The summed E-state index contributed by atoms with van der Waals surface area (Å²) in [6.45, 7) is 9.22. The number of rotatable bonds is 9. The van der Waals surface area contributed by atoms with E-state index in [-0.39, 0.29) is 0 Å². The molecule has 0 aliphatic heterocycles. The zero-order valence-electron chi connectivity index (χ0n) is 14.0. The molecule has 0 aromatic heterocycles. The monoisotopic (exact) mass is 437 g/mol. The molecule has 0 heterocycles. The molecular weight excluding hydrogens is 409 g/mol. The van der Waals surface area contributed by atoms with Gasteiger partial charge < -0.3 is 0 Å². The van der Waals surface area contributed by atoms with Crippen molar-refractivity contribution in [2.75, 3.05) is 6.54 Å². The molecule has 3 nitrogen and oxygen atoms in total. The Balaban J connectivity index is 2.57. The number of hydrogen-bond acceptors (Lipinski definition) is 2. The van der Waals surface area contributed by atoms with Crippen LogP contribution < -0.4 is 0 Å². The Bertz CT molecular complexity index is 538. The van der Waals surface area contributed by atoms with E-state index in [1.165, 1.54) is 15.4 Å². The van der Waals surface area contributed by atoms with Gasteiger partial charge in [-0.2, -0.15) is 0 Å². The van der Waals surface area contributed by atoms with E-state index in [2.05, 4.69) is 27.7 Å². The number of hydrogen-bond donors (Lipinski definition) is 0. The lowest BCUT2D eigenvalue weighted by molar-refractivity contribution is 0.504. The van der Waals surface area contributed by atoms with Gasteiger partial charge in [0.25, 0.3) is 10.0 Å². The quantitative estimate of drug-likeness (QED) is 0.296. The summed E-state index contributed by atoms with van der Waals surface area (Å²) >= 11 is 1.92. The maximum Gasteiger partial charge on any atom is 0.251 e. The topological polar surface area (TPSA) is 37.4 Å². The SMILES string of the molecule is CC(C)CCCCCN(I)S(=O)(=O)c1ccc(C(C)C)cc1. The number of benzene rings is 1. The fourth-order valence-electron chi connectivity index (χ4n) is 2.22. The molecule has 0 aliphatic carbocycles. The Labute approximate surface area is 150 Å². The first kappa shape index (κ1) is 19.9. The third kappa shape index (κ3) is 6.16. The Morgan fingerprint density at radius 2 is 1.59 bits per heavy atom. The Hall–Kier alpha value is -0.140. The summed E-state index contributed by atoms with van der Waals surface area (Å²) in [6.07, 6.45) is 4.38. The smallest absolute Gasteiger partial charge is 0.206 e. The molecule has 22 heavy (non-hydrogen) atoms. The molecule has 1 aromatic carbocycles. The van der Waals surface area contributed by atoms with Crippen LogP contribution in [0.5, 0.6) is 0 Å². The predicted octanol–water partition coefficient (Wildman–Crippen LogP) is 5.37. The van der Waals surface area contributed by atoms with Crippen LogP contribution in [0.3, 0.4) is 0 Å². The van der Waals surface area contributed by atoms with Gasteiger partial charge in [-0.25, -0.2) is 8.42 Å². The summed E-state index contributed by atoms with van der Waals surface area (Å²) in [7, 11) is -3.36. The highest BCUT2D eigenvalue weighted by Gasteiger charge is 2.21. The molecule has 0 saturated carbocycles. The molecule has 5 heteroatoms. The van der Waals surface area contributed by atoms with Crippen molar-refractivity contribution in [2.45, 2.75) is 64.2 Å². The fraction of sp³-hybridized carbons (Fsp3) is 0.647. The van der Waals surface area contributed by atoms with Crippen LogP contribution in [0.1, 0.15) is 64.9 Å². The molecule has 1 aromatic rings. The molecular formula is C17H28INO2S. The van der Waals surface area contributed by atoms with Gasteiger partial charge in [0, 0.05) is 29.4 Å². The summed E-state index contributed by atoms with van der Waals surface area (Å²) in [6, 6.07) is 7.25. The van der Waals surface area contributed by atoms with Crippen molar-refractivity contribution in [1.29, 1.82) is 0 Å². The third-order valence-corrected chi connectivity index (χ3v) is 7.33. The number of halogens is 1. The van der Waals surface area contributed by atoms with Gasteiger partial charge in [-0.1, -0.05) is 59.1 Å². The van der Waals surface area contributed by atoms with Crippen molar-refractivity contribution in [3.05, 3.63) is 29.8 Å². The van der Waals surface area contributed by atoms with Crippen molar-refractivity contribution in [3.63, 3.8) is 0 Å². The van der Waals surface area contributed by atoms with Crippen LogP contribution in [0.4, 0.5) is 0 Å². The fourth-order valence-corrected chi connectivity index (χ4v) is 4.33. The minimum atomic E-state index is -3.36. The van der Waals surface area contributed by atoms with Crippen LogP contribution in [0, 0.1) is 5.92 Å². The maximum atomic E-state index is 12.5. The van der Waals surface area contributed by atoms with Crippen molar-refractivity contribution >= 4 is 32.9 Å². The highest BCUT2D eigenvalue weighted by Crippen LogP contribution is 2.23. The van der Waals surface area contributed by atoms with Crippen molar-refractivity contribution in [1.82, 2.24) is 2.52 Å². The van der Waals surface area contributed by atoms with Gasteiger partial charge in [0.2, 0.25) is 0 Å². The first-order valence-electron chi connectivity index (χ1n) is 8.03. The summed E-state index contributed by atoms with van der Waals surface area (Å²) < 4.78 is 26.5. The minimum Gasteiger partial charge on any atom is -0.206 e. The zero-order chi connectivity index (χ0) is 16.8. The predicted molar refractivity (Wildman–Crippen MR) is 102 cm³/mol. The molecule has 0 unspecified atom stereocenters. The minimum absolute atomic E-state index is 0.383. The summed E-state index contributed by atoms with van der Waals surface area (Å²) in [5.74, 6) is 1.13. The molecule has 0 amide bonds. The van der Waals surface area contributed by atoms with Crippen LogP contribution in [0.25, 0.3) is 0 Å². The summed E-state index contributed by atoms with van der Waals surface area (Å²) in [5, 5.41) is 0. The average Bonchev–Trinajstić information content (AvgIpc) is 2.46. The molecule has 126 valence electrons. The van der Waals surface area contributed by atoms with E-state index in [0.717, 1.165) is 24.3 Å². The van der Waals surface area contributed by atoms with Crippen LogP contribution >= 0.6 is 22.9 Å². The molecule has 0 aliphatic rings. The Morgan fingerprint density at radius 3 is 2.09 bits per heavy atom. The zero-order valence-corrected chi connectivity index (χ0v) is 17.0. The van der Waals surface area contributed by atoms with Crippen LogP contribution in [-0.2, 0) is 10.0 Å². The number of nitrogens with zero attached hydrogens (tertiary/aromatic N) is 1. The second kappa shape index (κ2) is 9.23. The lowest BCUT2D eigenvalue weighted by atomic mass is 10.0.